The number of aromatic nitrogens is 2. The molecule has 0 aromatic carbocycles. The minimum atomic E-state index is -1.04. The van der Waals surface area contributed by atoms with Crippen molar-refractivity contribution in [2.45, 2.75) is 12.5 Å². The van der Waals surface area contributed by atoms with Gasteiger partial charge in [-0.2, -0.15) is 11.8 Å². The molecule has 0 spiro atoms. The lowest BCUT2D eigenvalue weighted by molar-refractivity contribution is -0.139. The monoisotopic (exact) mass is 276 g/mol. The third kappa shape index (κ3) is 5.00. The molecule has 0 saturated heterocycles. The van der Waals surface area contributed by atoms with Gasteiger partial charge in [0.1, 0.15) is 11.0 Å². The third-order valence-electron chi connectivity index (χ3n) is 1.81. The highest BCUT2D eigenvalue weighted by Gasteiger charge is 2.19. The van der Waals surface area contributed by atoms with E-state index in [0.29, 0.717) is 17.2 Å². The summed E-state index contributed by atoms with van der Waals surface area (Å²) in [5.41, 5.74) is 0. The fourth-order valence-corrected chi connectivity index (χ4v) is 1.91. The van der Waals surface area contributed by atoms with Crippen LogP contribution in [0.3, 0.4) is 0 Å². The van der Waals surface area contributed by atoms with Crippen LogP contribution in [0.15, 0.2) is 6.20 Å². The highest BCUT2D eigenvalue weighted by Crippen LogP contribution is 2.09. The van der Waals surface area contributed by atoms with E-state index in [-0.39, 0.29) is 0 Å². The fourth-order valence-electron chi connectivity index (χ4n) is 1.02. The number of aliphatic carboxylic acids is 1. The van der Waals surface area contributed by atoms with E-state index in [4.69, 9.17) is 5.11 Å². The number of carboxylic acids is 1. The normalized spacial score (nSPS) is 11.8. The zero-order valence-electron chi connectivity index (χ0n) is 9.04. The van der Waals surface area contributed by atoms with Crippen LogP contribution in [-0.4, -0.2) is 44.7 Å². The molecule has 17 heavy (non-hydrogen) atoms. The van der Waals surface area contributed by atoms with Crippen molar-refractivity contribution in [1.82, 2.24) is 14.9 Å². The second-order valence-corrected chi connectivity index (χ2v) is 4.82. The molecule has 7 nitrogen and oxygen atoms in total. The summed E-state index contributed by atoms with van der Waals surface area (Å²) in [4.78, 5) is 22.3. The Kier molecular flexibility index (Phi) is 5.70. The quantitative estimate of drug-likeness (QED) is 0.712. The number of carbonyl (C=O) groups excluding carboxylic acids is 1. The molecule has 1 aromatic heterocycles. The molecule has 0 unspecified atom stereocenters. The minimum Gasteiger partial charge on any atom is -0.480 e. The van der Waals surface area contributed by atoms with Gasteiger partial charge in [0.15, 0.2) is 0 Å². The van der Waals surface area contributed by atoms with E-state index in [1.165, 1.54) is 18.0 Å². The third-order valence-corrected chi connectivity index (χ3v) is 3.04. The largest absolute Gasteiger partial charge is 0.480 e. The first kappa shape index (κ1) is 13.7. The maximum Gasteiger partial charge on any atom is 0.326 e. The molecular weight excluding hydrogens is 264 g/mol. The van der Waals surface area contributed by atoms with Crippen molar-refractivity contribution in [3.63, 3.8) is 0 Å². The van der Waals surface area contributed by atoms with Crippen LogP contribution in [0.5, 0.6) is 0 Å². The minimum absolute atomic E-state index is 0.380. The van der Waals surface area contributed by atoms with Crippen LogP contribution in [0.25, 0.3) is 0 Å². The zero-order chi connectivity index (χ0) is 12.7. The van der Waals surface area contributed by atoms with Gasteiger partial charge in [0, 0.05) is 11.5 Å². The van der Waals surface area contributed by atoms with Crippen molar-refractivity contribution in [2.24, 2.45) is 0 Å². The lowest BCUT2D eigenvalue weighted by Crippen LogP contribution is -2.43. The summed E-state index contributed by atoms with van der Waals surface area (Å²) in [6.07, 6.45) is 3.65. The number of nitrogens with zero attached hydrogens (tertiary/aromatic N) is 2. The number of carboxylic acid groups (broad SMARTS) is 1. The molecule has 0 bridgehead atoms. The van der Waals surface area contributed by atoms with Gasteiger partial charge in [-0.15, -0.1) is 5.10 Å². The van der Waals surface area contributed by atoms with Crippen LogP contribution in [0, 0.1) is 0 Å². The van der Waals surface area contributed by atoms with E-state index in [9.17, 15) is 9.59 Å². The topological polar surface area (TPSA) is 104 Å². The van der Waals surface area contributed by atoms with Crippen molar-refractivity contribution in [1.29, 1.82) is 0 Å². The van der Waals surface area contributed by atoms with Gasteiger partial charge in [-0.1, -0.05) is 4.49 Å². The molecular formula is C8H12N4O3S2. The standard InChI is InChI=1S/C8H12N4O3S2/c1-16-3-2-5(7(13)14)10-8(15)11-6-4-9-12-17-6/h4-5H,2-3H2,1H3,(H,13,14)(H2,10,11,15)/t5-/m1/s1. The van der Waals surface area contributed by atoms with E-state index in [0.717, 1.165) is 11.5 Å². The van der Waals surface area contributed by atoms with Gasteiger partial charge in [0.2, 0.25) is 0 Å². The lowest BCUT2D eigenvalue weighted by atomic mass is 10.2. The number of thioether (sulfide) groups is 1. The molecule has 94 valence electrons. The summed E-state index contributed by atoms with van der Waals surface area (Å²) < 4.78 is 3.57. The van der Waals surface area contributed by atoms with Crippen LogP contribution < -0.4 is 10.6 Å². The lowest BCUT2D eigenvalue weighted by Gasteiger charge is -2.13. The molecule has 1 aromatic rings. The summed E-state index contributed by atoms with van der Waals surface area (Å²) in [7, 11) is 0. The summed E-state index contributed by atoms with van der Waals surface area (Å²) in [6, 6.07) is -1.45. The van der Waals surface area contributed by atoms with Crippen molar-refractivity contribution < 1.29 is 14.7 Å². The Morgan fingerprint density at radius 2 is 2.41 bits per heavy atom. The van der Waals surface area contributed by atoms with Crippen molar-refractivity contribution in [2.75, 3.05) is 17.3 Å². The predicted molar refractivity (Wildman–Crippen MR) is 66.5 cm³/mol. The Hall–Kier alpha value is -1.35. The van der Waals surface area contributed by atoms with Crippen LogP contribution in [-0.2, 0) is 4.79 Å². The zero-order valence-corrected chi connectivity index (χ0v) is 10.7. The second kappa shape index (κ2) is 7.07. The van der Waals surface area contributed by atoms with E-state index in [2.05, 4.69) is 20.2 Å². The average Bonchev–Trinajstić information content (AvgIpc) is 2.76. The number of amides is 2. The highest BCUT2D eigenvalue weighted by atomic mass is 32.2. The molecule has 3 N–H and O–H groups in total. The highest BCUT2D eigenvalue weighted by molar-refractivity contribution is 7.98. The van der Waals surface area contributed by atoms with Crippen LogP contribution in [0.4, 0.5) is 9.80 Å². The number of rotatable bonds is 6. The van der Waals surface area contributed by atoms with Crippen LogP contribution in [0.1, 0.15) is 6.42 Å². The summed E-state index contributed by atoms with van der Waals surface area (Å²) in [5, 5.41) is 17.8. The van der Waals surface area contributed by atoms with Gasteiger partial charge in [-0.25, -0.2) is 9.59 Å². The summed E-state index contributed by atoms with van der Waals surface area (Å²) in [6.45, 7) is 0. The maximum atomic E-state index is 11.4. The number of carbonyl (C=O) groups is 2. The summed E-state index contributed by atoms with van der Waals surface area (Å²) >= 11 is 2.55. The first-order valence-corrected chi connectivity index (χ1v) is 6.87. The maximum absolute atomic E-state index is 11.4. The SMILES string of the molecule is CSCC[C@@H](NC(=O)Nc1cnns1)C(=O)O. The summed E-state index contributed by atoms with van der Waals surface area (Å²) in [5.74, 6) is -0.379. The number of hydrogen-bond acceptors (Lipinski definition) is 6. The Bertz CT molecular complexity index is 371. The van der Waals surface area contributed by atoms with Crippen LogP contribution >= 0.6 is 23.3 Å². The van der Waals surface area contributed by atoms with Gasteiger partial charge in [0.25, 0.3) is 0 Å². The molecule has 0 radical (unpaired) electrons. The molecule has 9 heteroatoms. The second-order valence-electron chi connectivity index (χ2n) is 3.05. The average molecular weight is 276 g/mol. The first-order chi connectivity index (χ1) is 8.13. The predicted octanol–water partition coefficient (Wildman–Crippen LogP) is 0.866. The van der Waals surface area contributed by atoms with Crippen molar-refractivity contribution in [3.8, 4) is 0 Å². The van der Waals surface area contributed by atoms with Crippen LogP contribution in [0.2, 0.25) is 0 Å². The van der Waals surface area contributed by atoms with Gasteiger partial charge in [-0.05, 0) is 18.4 Å². The fraction of sp³-hybridized carbons (Fsp3) is 0.500. The molecule has 0 aliphatic rings. The number of hydrogen-bond donors (Lipinski definition) is 3. The van der Waals surface area contributed by atoms with E-state index in [1.807, 2.05) is 6.26 Å². The molecule has 0 aliphatic heterocycles. The molecule has 1 heterocycles. The van der Waals surface area contributed by atoms with E-state index >= 15 is 0 Å². The Balaban J connectivity index is 2.43. The van der Waals surface area contributed by atoms with E-state index in [1.54, 1.807) is 0 Å². The van der Waals surface area contributed by atoms with Gasteiger partial charge < -0.3 is 10.4 Å². The van der Waals surface area contributed by atoms with Crippen molar-refractivity contribution in [3.05, 3.63) is 6.20 Å². The van der Waals surface area contributed by atoms with Gasteiger partial charge >= 0.3 is 12.0 Å². The molecule has 1 rings (SSSR count). The molecule has 0 saturated carbocycles. The number of urea groups is 1. The van der Waals surface area contributed by atoms with E-state index < -0.39 is 18.0 Å². The number of nitrogens with one attached hydrogen (secondary N) is 2. The molecule has 2 amide bonds. The molecule has 0 fully saturated rings. The van der Waals surface area contributed by atoms with Gasteiger partial charge in [-0.3, -0.25) is 5.32 Å². The first-order valence-electron chi connectivity index (χ1n) is 4.70. The Morgan fingerprint density at radius 1 is 1.65 bits per heavy atom. The van der Waals surface area contributed by atoms with Gasteiger partial charge in [0.05, 0.1) is 6.20 Å². The van der Waals surface area contributed by atoms with Crippen molar-refractivity contribution >= 4 is 40.3 Å². The molecule has 0 aliphatic carbocycles. The Morgan fingerprint density at radius 3 is 2.94 bits per heavy atom. The number of anilines is 1. The Labute approximate surface area is 106 Å². The smallest absolute Gasteiger partial charge is 0.326 e. The molecule has 1 atom stereocenters.